The number of anilines is 1. The van der Waals surface area contributed by atoms with Crippen LogP contribution in [0.15, 0.2) is 48.7 Å². The largest absolute Gasteiger partial charge is 0.361 e. The molecule has 3 aromatic rings. The molecule has 0 aliphatic carbocycles. The van der Waals surface area contributed by atoms with Crippen LogP contribution < -0.4 is 5.32 Å². The first-order valence-corrected chi connectivity index (χ1v) is 7.19. The number of aromatic nitrogens is 1. The van der Waals surface area contributed by atoms with Gasteiger partial charge in [-0.2, -0.15) is 0 Å². The average Bonchev–Trinajstić information content (AvgIpc) is 2.90. The van der Waals surface area contributed by atoms with Gasteiger partial charge in [0.2, 0.25) is 5.91 Å². The lowest BCUT2D eigenvalue weighted by Gasteiger charge is -2.08. The van der Waals surface area contributed by atoms with E-state index in [0.29, 0.717) is 15.6 Å². The van der Waals surface area contributed by atoms with Crippen molar-refractivity contribution in [2.45, 2.75) is 6.42 Å². The number of rotatable bonds is 3. The molecule has 0 unspecified atom stereocenters. The lowest BCUT2D eigenvalue weighted by atomic mass is 10.1. The molecule has 0 spiro atoms. The first-order valence-electron chi connectivity index (χ1n) is 6.43. The van der Waals surface area contributed by atoms with Crippen LogP contribution in [-0.4, -0.2) is 10.9 Å². The van der Waals surface area contributed by atoms with E-state index in [1.54, 1.807) is 18.2 Å². The van der Waals surface area contributed by atoms with E-state index in [0.717, 1.165) is 16.6 Å². The van der Waals surface area contributed by atoms with Gasteiger partial charge in [0, 0.05) is 32.8 Å². The Bertz CT molecular complexity index is 791. The maximum absolute atomic E-state index is 12.1. The summed E-state index contributed by atoms with van der Waals surface area (Å²) in [6.07, 6.45) is 2.00. The van der Waals surface area contributed by atoms with Gasteiger partial charge in [-0.1, -0.05) is 29.3 Å². The number of amides is 1. The number of carbonyl (C=O) groups excluding carboxylic acids is 1. The van der Waals surface area contributed by atoms with Crippen LogP contribution in [0.5, 0.6) is 0 Å². The highest BCUT2D eigenvalue weighted by atomic mass is 35.5. The van der Waals surface area contributed by atoms with E-state index in [2.05, 4.69) is 10.3 Å². The number of fused-ring (bicyclic) bond motifs is 1. The van der Waals surface area contributed by atoms with Crippen LogP contribution in [-0.2, 0) is 11.2 Å². The quantitative estimate of drug-likeness (QED) is 0.725. The minimum Gasteiger partial charge on any atom is -0.361 e. The predicted molar refractivity (Wildman–Crippen MR) is 87.1 cm³/mol. The molecular formula is C16H12Cl2N2O. The third-order valence-corrected chi connectivity index (χ3v) is 3.94. The number of nitrogens with one attached hydrogen (secondary N) is 2. The molecule has 0 saturated heterocycles. The van der Waals surface area contributed by atoms with Gasteiger partial charge in [0.15, 0.2) is 0 Å². The fraction of sp³-hybridized carbons (Fsp3) is 0.0625. The molecule has 0 aliphatic heterocycles. The molecule has 0 saturated carbocycles. The van der Waals surface area contributed by atoms with E-state index in [4.69, 9.17) is 23.2 Å². The summed E-state index contributed by atoms with van der Waals surface area (Å²) in [4.78, 5) is 15.2. The molecule has 2 N–H and O–H groups in total. The number of carbonyl (C=O) groups is 1. The van der Waals surface area contributed by atoms with E-state index in [1.807, 2.05) is 30.5 Å². The first kappa shape index (κ1) is 14.0. The van der Waals surface area contributed by atoms with E-state index in [1.165, 1.54) is 0 Å². The number of benzene rings is 2. The van der Waals surface area contributed by atoms with Crippen molar-refractivity contribution in [3.63, 3.8) is 0 Å². The molecule has 5 heteroatoms. The SMILES string of the molecule is O=C(Cc1c(Cl)cccc1Cl)Nc1ccc2[nH]ccc2c1. The van der Waals surface area contributed by atoms with Gasteiger partial charge in [-0.3, -0.25) is 4.79 Å². The smallest absolute Gasteiger partial charge is 0.228 e. The van der Waals surface area contributed by atoms with Crippen molar-refractivity contribution in [1.29, 1.82) is 0 Å². The summed E-state index contributed by atoms with van der Waals surface area (Å²) in [6, 6.07) is 12.8. The summed E-state index contributed by atoms with van der Waals surface area (Å²) in [5.74, 6) is -0.153. The molecule has 0 atom stereocenters. The predicted octanol–water partition coefficient (Wildman–Crippen LogP) is 4.66. The molecule has 0 bridgehead atoms. The molecular weight excluding hydrogens is 307 g/mol. The number of hydrogen-bond acceptors (Lipinski definition) is 1. The average molecular weight is 319 g/mol. The highest BCUT2D eigenvalue weighted by molar-refractivity contribution is 6.36. The molecule has 0 fully saturated rings. The normalized spacial score (nSPS) is 10.8. The zero-order valence-corrected chi connectivity index (χ0v) is 12.5. The molecule has 1 heterocycles. The van der Waals surface area contributed by atoms with E-state index in [-0.39, 0.29) is 12.3 Å². The maximum atomic E-state index is 12.1. The lowest BCUT2D eigenvalue weighted by Crippen LogP contribution is -2.14. The Morgan fingerprint density at radius 3 is 2.62 bits per heavy atom. The maximum Gasteiger partial charge on any atom is 0.228 e. The van der Waals surface area contributed by atoms with Gasteiger partial charge in [0.05, 0.1) is 6.42 Å². The summed E-state index contributed by atoms with van der Waals surface area (Å²) in [6.45, 7) is 0. The molecule has 0 radical (unpaired) electrons. The van der Waals surface area contributed by atoms with Crippen molar-refractivity contribution in [2.24, 2.45) is 0 Å². The van der Waals surface area contributed by atoms with E-state index >= 15 is 0 Å². The monoisotopic (exact) mass is 318 g/mol. The Morgan fingerprint density at radius 1 is 1.10 bits per heavy atom. The lowest BCUT2D eigenvalue weighted by molar-refractivity contribution is -0.115. The Balaban J connectivity index is 1.77. The molecule has 21 heavy (non-hydrogen) atoms. The molecule has 1 amide bonds. The number of hydrogen-bond donors (Lipinski definition) is 2. The summed E-state index contributed by atoms with van der Waals surface area (Å²) < 4.78 is 0. The zero-order chi connectivity index (χ0) is 14.8. The zero-order valence-electron chi connectivity index (χ0n) is 11.0. The van der Waals surface area contributed by atoms with Crippen LogP contribution in [0.25, 0.3) is 10.9 Å². The Morgan fingerprint density at radius 2 is 1.86 bits per heavy atom. The number of H-pyrrole nitrogens is 1. The van der Waals surface area contributed by atoms with Crippen molar-refractivity contribution >= 4 is 45.7 Å². The highest BCUT2D eigenvalue weighted by Gasteiger charge is 2.11. The van der Waals surface area contributed by atoms with Crippen LogP contribution in [0.2, 0.25) is 10.0 Å². The van der Waals surface area contributed by atoms with Crippen LogP contribution in [0.3, 0.4) is 0 Å². The van der Waals surface area contributed by atoms with Gasteiger partial charge in [-0.25, -0.2) is 0 Å². The summed E-state index contributed by atoms with van der Waals surface area (Å²) in [7, 11) is 0. The van der Waals surface area contributed by atoms with Crippen molar-refractivity contribution in [2.75, 3.05) is 5.32 Å². The minimum atomic E-state index is -0.153. The molecule has 106 valence electrons. The van der Waals surface area contributed by atoms with Gasteiger partial charge in [-0.05, 0) is 42.0 Å². The second-order valence-electron chi connectivity index (χ2n) is 4.70. The van der Waals surface area contributed by atoms with Gasteiger partial charge >= 0.3 is 0 Å². The van der Waals surface area contributed by atoms with Crippen LogP contribution in [0.1, 0.15) is 5.56 Å². The van der Waals surface area contributed by atoms with Crippen molar-refractivity contribution in [3.05, 3.63) is 64.3 Å². The second-order valence-corrected chi connectivity index (χ2v) is 5.52. The van der Waals surface area contributed by atoms with Gasteiger partial charge in [-0.15, -0.1) is 0 Å². The van der Waals surface area contributed by atoms with Crippen LogP contribution in [0.4, 0.5) is 5.69 Å². The molecule has 3 nitrogen and oxygen atoms in total. The third kappa shape index (κ3) is 3.04. The van der Waals surface area contributed by atoms with Crippen LogP contribution in [0, 0.1) is 0 Å². The summed E-state index contributed by atoms with van der Waals surface area (Å²) in [5.41, 5.74) is 2.42. The summed E-state index contributed by atoms with van der Waals surface area (Å²) >= 11 is 12.1. The van der Waals surface area contributed by atoms with Gasteiger partial charge in [0.25, 0.3) is 0 Å². The van der Waals surface area contributed by atoms with Crippen LogP contribution >= 0.6 is 23.2 Å². The standard InChI is InChI=1S/C16H12Cl2N2O/c17-13-2-1-3-14(18)12(13)9-16(21)20-11-4-5-15-10(8-11)6-7-19-15/h1-8,19H,9H2,(H,20,21). The first-order chi connectivity index (χ1) is 10.1. The molecule has 2 aromatic carbocycles. The van der Waals surface area contributed by atoms with Crippen molar-refractivity contribution < 1.29 is 4.79 Å². The van der Waals surface area contributed by atoms with Gasteiger partial charge in [0.1, 0.15) is 0 Å². The fourth-order valence-corrected chi connectivity index (χ4v) is 2.73. The topological polar surface area (TPSA) is 44.9 Å². The van der Waals surface area contributed by atoms with E-state index in [9.17, 15) is 4.79 Å². The van der Waals surface area contributed by atoms with Crippen molar-refractivity contribution in [3.8, 4) is 0 Å². The minimum absolute atomic E-state index is 0.143. The number of halogens is 2. The Labute approximate surface area is 131 Å². The fourth-order valence-electron chi connectivity index (χ4n) is 2.20. The third-order valence-electron chi connectivity index (χ3n) is 3.24. The molecule has 1 aromatic heterocycles. The van der Waals surface area contributed by atoms with E-state index < -0.39 is 0 Å². The molecule has 0 aliphatic rings. The summed E-state index contributed by atoms with van der Waals surface area (Å²) in [5, 5.41) is 4.90. The Kier molecular flexibility index (Phi) is 3.86. The second kappa shape index (κ2) is 5.80. The highest BCUT2D eigenvalue weighted by Crippen LogP contribution is 2.25. The Hall–Kier alpha value is -1.97. The molecule has 3 rings (SSSR count). The van der Waals surface area contributed by atoms with Crippen molar-refractivity contribution in [1.82, 2.24) is 4.98 Å². The number of aromatic amines is 1. The van der Waals surface area contributed by atoms with Gasteiger partial charge < -0.3 is 10.3 Å².